The van der Waals surface area contributed by atoms with Gasteiger partial charge >= 0.3 is 0 Å². The molecule has 0 bridgehead atoms. The number of nitrogens with one attached hydrogen (secondary N) is 1. The van der Waals surface area contributed by atoms with Gasteiger partial charge in [-0.1, -0.05) is 13.8 Å². The minimum atomic E-state index is -0.934. The van der Waals surface area contributed by atoms with Gasteiger partial charge < -0.3 is 29.0 Å². The first-order valence-corrected chi connectivity index (χ1v) is 14.0. The maximum atomic E-state index is 13.8. The maximum absolute atomic E-state index is 13.8. The number of furan rings is 1. The summed E-state index contributed by atoms with van der Waals surface area (Å²) in [7, 11) is 0. The number of hydrogen-bond donors (Lipinski definition) is 1. The molecule has 8 nitrogen and oxygen atoms in total. The maximum Gasteiger partial charge on any atom is 0.271 e. The van der Waals surface area contributed by atoms with Crippen LogP contribution in [0.2, 0.25) is 0 Å². The number of rotatable bonds is 8. The van der Waals surface area contributed by atoms with Gasteiger partial charge in [0.1, 0.15) is 11.2 Å². The highest BCUT2D eigenvalue weighted by Gasteiger charge is 2.48. The van der Waals surface area contributed by atoms with Gasteiger partial charge in [0.2, 0.25) is 5.91 Å². The Labute approximate surface area is 214 Å². The van der Waals surface area contributed by atoms with E-state index in [1.807, 2.05) is 28.5 Å². The van der Waals surface area contributed by atoms with Crippen LogP contribution < -0.4 is 5.32 Å². The highest BCUT2D eigenvalue weighted by molar-refractivity contribution is 6.02. The predicted octanol–water partition coefficient (Wildman–Crippen LogP) is 3.56. The second kappa shape index (κ2) is 10.6. The lowest BCUT2D eigenvalue weighted by Crippen LogP contribution is -2.65. The number of carbonyl (C=O) groups excluding carboxylic acids is 2. The molecule has 1 saturated carbocycles. The number of nitrogens with zero attached hydrogens (tertiary/aromatic N) is 4. The second-order valence-electron chi connectivity index (χ2n) is 11.5. The van der Waals surface area contributed by atoms with Gasteiger partial charge in [-0.3, -0.25) is 9.59 Å². The van der Waals surface area contributed by atoms with E-state index in [1.54, 1.807) is 6.26 Å². The summed E-state index contributed by atoms with van der Waals surface area (Å²) in [5.74, 6) is 0.622. The van der Waals surface area contributed by atoms with Gasteiger partial charge in [-0.15, -0.1) is 0 Å². The molecular weight excluding hydrogens is 454 g/mol. The standard InChI is InChI=1S/C28H43N5O3/c1-4-11-30-14-16-31(17-15-30)12-5-13-33-26(34)24-19-25-23(10-18-36-25)32(24)20-28(33,3)27(35)29-22-8-6-21(2)7-9-22/h10,18-19,21-22H,4-9,11-17,20H2,1-3H3,(H,29,35). The van der Waals surface area contributed by atoms with Crippen LogP contribution in [0, 0.1) is 5.92 Å². The number of amides is 2. The van der Waals surface area contributed by atoms with Crippen molar-refractivity contribution in [2.75, 3.05) is 45.8 Å². The van der Waals surface area contributed by atoms with Gasteiger partial charge in [0, 0.05) is 50.9 Å². The SMILES string of the molecule is CCCN1CCN(CCCN2C(=O)c3cc4occc4n3CC2(C)C(=O)NC2CCC(C)CC2)CC1. The molecule has 8 heteroatoms. The molecular formula is C28H43N5O3. The molecule has 5 rings (SSSR count). The first-order chi connectivity index (χ1) is 17.4. The van der Waals surface area contributed by atoms with E-state index < -0.39 is 5.54 Å². The smallest absolute Gasteiger partial charge is 0.271 e. The summed E-state index contributed by atoms with van der Waals surface area (Å²) >= 11 is 0. The summed E-state index contributed by atoms with van der Waals surface area (Å²) in [6, 6.07) is 3.92. The first kappa shape index (κ1) is 25.3. The number of aromatic nitrogens is 1. The highest BCUT2D eigenvalue weighted by atomic mass is 16.3. The van der Waals surface area contributed by atoms with Crippen LogP contribution in [-0.4, -0.2) is 88.5 Å². The number of hydrogen-bond acceptors (Lipinski definition) is 5. The molecule has 0 spiro atoms. The molecule has 1 aliphatic carbocycles. The van der Waals surface area contributed by atoms with E-state index in [1.165, 1.54) is 13.0 Å². The molecule has 3 aliphatic rings. The monoisotopic (exact) mass is 497 g/mol. The average Bonchev–Trinajstić information content (AvgIpc) is 3.46. The molecule has 36 heavy (non-hydrogen) atoms. The minimum absolute atomic E-state index is 0.0282. The third-order valence-electron chi connectivity index (χ3n) is 8.75. The van der Waals surface area contributed by atoms with Gasteiger partial charge in [0.15, 0.2) is 5.58 Å². The zero-order valence-electron chi connectivity index (χ0n) is 22.3. The third kappa shape index (κ3) is 4.94. The van der Waals surface area contributed by atoms with Crippen molar-refractivity contribution >= 4 is 22.9 Å². The molecule has 0 radical (unpaired) electrons. The van der Waals surface area contributed by atoms with Gasteiger partial charge in [-0.2, -0.15) is 0 Å². The Kier molecular flexibility index (Phi) is 7.45. The van der Waals surface area contributed by atoms with Crippen LogP contribution in [0.5, 0.6) is 0 Å². The Hall–Kier alpha value is -2.32. The van der Waals surface area contributed by atoms with Crippen molar-refractivity contribution in [3.05, 3.63) is 24.1 Å². The second-order valence-corrected chi connectivity index (χ2v) is 11.5. The fraction of sp³-hybridized carbons (Fsp3) is 0.714. The molecule has 2 aromatic rings. The number of fused-ring (bicyclic) bond motifs is 3. The normalized spacial score (nSPS) is 28.0. The molecule has 2 aliphatic heterocycles. The molecule has 4 heterocycles. The lowest BCUT2D eigenvalue weighted by molar-refractivity contribution is -0.133. The van der Waals surface area contributed by atoms with E-state index in [0.717, 1.165) is 76.3 Å². The van der Waals surface area contributed by atoms with Crippen molar-refractivity contribution in [1.82, 2.24) is 24.6 Å². The third-order valence-corrected chi connectivity index (χ3v) is 8.75. The molecule has 2 aromatic heterocycles. The zero-order chi connectivity index (χ0) is 25.3. The predicted molar refractivity (Wildman–Crippen MR) is 141 cm³/mol. The van der Waals surface area contributed by atoms with Crippen molar-refractivity contribution in [2.24, 2.45) is 5.92 Å². The van der Waals surface area contributed by atoms with Gasteiger partial charge in [-0.25, -0.2) is 0 Å². The number of carbonyl (C=O) groups is 2. The van der Waals surface area contributed by atoms with E-state index in [0.29, 0.717) is 24.4 Å². The van der Waals surface area contributed by atoms with Crippen LogP contribution in [0.4, 0.5) is 0 Å². The molecule has 1 N–H and O–H groups in total. The van der Waals surface area contributed by atoms with Crippen molar-refractivity contribution < 1.29 is 14.0 Å². The van der Waals surface area contributed by atoms with Crippen LogP contribution in [-0.2, 0) is 11.3 Å². The topological polar surface area (TPSA) is 74.0 Å². The molecule has 2 fully saturated rings. The Morgan fingerprint density at radius 3 is 2.47 bits per heavy atom. The molecule has 2 amide bonds. The quantitative estimate of drug-likeness (QED) is 0.604. The van der Waals surface area contributed by atoms with Crippen molar-refractivity contribution in [3.63, 3.8) is 0 Å². The molecule has 1 atom stereocenters. The Morgan fingerprint density at radius 2 is 1.78 bits per heavy atom. The van der Waals surface area contributed by atoms with Crippen LogP contribution in [0.3, 0.4) is 0 Å². The van der Waals surface area contributed by atoms with Crippen LogP contribution in [0.25, 0.3) is 11.1 Å². The lowest BCUT2D eigenvalue weighted by Gasteiger charge is -2.45. The largest absolute Gasteiger partial charge is 0.463 e. The summed E-state index contributed by atoms with van der Waals surface area (Å²) in [6.07, 6.45) is 8.03. The molecule has 0 aromatic carbocycles. The summed E-state index contributed by atoms with van der Waals surface area (Å²) in [4.78, 5) is 34.5. The van der Waals surface area contributed by atoms with Gasteiger partial charge in [-0.05, 0) is 64.5 Å². The average molecular weight is 498 g/mol. The lowest BCUT2D eigenvalue weighted by atomic mass is 9.86. The van der Waals surface area contributed by atoms with Crippen LogP contribution in [0.1, 0.15) is 69.8 Å². The van der Waals surface area contributed by atoms with E-state index in [4.69, 9.17) is 4.42 Å². The Balaban J connectivity index is 1.30. The van der Waals surface area contributed by atoms with E-state index in [-0.39, 0.29) is 17.9 Å². The molecule has 1 unspecified atom stereocenters. The van der Waals surface area contributed by atoms with Crippen LogP contribution in [0.15, 0.2) is 22.8 Å². The highest BCUT2D eigenvalue weighted by Crippen LogP contribution is 2.33. The van der Waals surface area contributed by atoms with E-state index in [2.05, 4.69) is 29.0 Å². The number of piperazine rings is 1. The van der Waals surface area contributed by atoms with Crippen molar-refractivity contribution in [1.29, 1.82) is 0 Å². The molecule has 1 saturated heterocycles. The molecule has 198 valence electrons. The van der Waals surface area contributed by atoms with E-state index >= 15 is 0 Å². The summed E-state index contributed by atoms with van der Waals surface area (Å²) < 4.78 is 7.58. The summed E-state index contributed by atoms with van der Waals surface area (Å²) in [5.41, 5.74) is 1.27. The fourth-order valence-corrected chi connectivity index (χ4v) is 6.37. The summed E-state index contributed by atoms with van der Waals surface area (Å²) in [6.45, 7) is 14.0. The van der Waals surface area contributed by atoms with Crippen molar-refractivity contribution in [3.8, 4) is 0 Å². The van der Waals surface area contributed by atoms with E-state index in [9.17, 15) is 9.59 Å². The Bertz CT molecular complexity index is 1060. The van der Waals surface area contributed by atoms with Gasteiger partial charge in [0.25, 0.3) is 5.91 Å². The Morgan fingerprint density at radius 1 is 1.08 bits per heavy atom. The summed E-state index contributed by atoms with van der Waals surface area (Å²) in [5, 5.41) is 3.34. The first-order valence-electron chi connectivity index (χ1n) is 14.0. The fourth-order valence-electron chi connectivity index (χ4n) is 6.37. The van der Waals surface area contributed by atoms with Gasteiger partial charge in [0.05, 0.1) is 18.3 Å². The zero-order valence-corrected chi connectivity index (χ0v) is 22.3. The minimum Gasteiger partial charge on any atom is -0.463 e. The van der Waals surface area contributed by atoms with Crippen LogP contribution >= 0.6 is 0 Å². The van der Waals surface area contributed by atoms with Crippen molar-refractivity contribution in [2.45, 2.75) is 77.4 Å².